The number of benzene rings is 1. The summed E-state index contributed by atoms with van der Waals surface area (Å²) >= 11 is 0. The SMILES string of the molecule is COC(=O)C1=NN[C@H]2C(=O)N(c3cc(OC)ccc3OC)C(=O)[C@H]12. The van der Waals surface area contributed by atoms with E-state index in [2.05, 4.69) is 15.3 Å². The number of ether oxygens (including phenoxy) is 3. The van der Waals surface area contributed by atoms with Gasteiger partial charge in [-0.1, -0.05) is 0 Å². The van der Waals surface area contributed by atoms with Crippen molar-refractivity contribution >= 4 is 29.2 Å². The van der Waals surface area contributed by atoms with Crippen LogP contribution in [-0.2, 0) is 19.1 Å². The third-order valence-corrected chi connectivity index (χ3v) is 3.95. The molecule has 0 unspecified atom stereocenters. The Morgan fingerprint density at radius 1 is 1.17 bits per heavy atom. The molecule has 2 aliphatic heterocycles. The first kappa shape index (κ1) is 15.8. The van der Waals surface area contributed by atoms with E-state index in [9.17, 15) is 14.4 Å². The quantitative estimate of drug-likeness (QED) is 0.595. The number of esters is 1. The summed E-state index contributed by atoms with van der Waals surface area (Å²) in [7, 11) is 4.08. The summed E-state index contributed by atoms with van der Waals surface area (Å²) in [4.78, 5) is 38.1. The first-order valence-electron chi connectivity index (χ1n) is 7.04. The lowest BCUT2D eigenvalue weighted by Crippen LogP contribution is -2.36. The lowest BCUT2D eigenvalue weighted by molar-refractivity contribution is -0.133. The van der Waals surface area contributed by atoms with Crippen LogP contribution in [0.1, 0.15) is 0 Å². The average Bonchev–Trinajstić information content (AvgIpc) is 3.14. The van der Waals surface area contributed by atoms with Crippen LogP contribution in [0.4, 0.5) is 5.69 Å². The molecule has 9 heteroatoms. The molecule has 2 aliphatic rings. The highest BCUT2D eigenvalue weighted by atomic mass is 16.5. The van der Waals surface area contributed by atoms with Crippen molar-refractivity contribution in [2.75, 3.05) is 26.2 Å². The lowest BCUT2D eigenvalue weighted by Gasteiger charge is -2.19. The van der Waals surface area contributed by atoms with Crippen molar-refractivity contribution in [1.82, 2.24) is 5.43 Å². The Kier molecular flexibility index (Phi) is 3.84. The second kappa shape index (κ2) is 5.84. The number of methoxy groups -OCH3 is 3. The molecule has 1 N–H and O–H groups in total. The van der Waals surface area contributed by atoms with Crippen LogP contribution in [0.5, 0.6) is 11.5 Å². The fourth-order valence-electron chi connectivity index (χ4n) is 2.77. The summed E-state index contributed by atoms with van der Waals surface area (Å²) in [5.74, 6) is -2.10. The van der Waals surface area contributed by atoms with Crippen molar-refractivity contribution in [3.05, 3.63) is 18.2 Å². The standard InChI is InChI=1S/C15H15N3O6/c1-22-7-4-5-9(23-2)8(6-7)18-13(19)10-11(14(18)20)16-17-12(10)15(21)24-3/h4-6,10-11,16H,1-3H3/t10-,11+/m0/s1. The fraction of sp³-hybridized carbons (Fsp3) is 0.333. The minimum absolute atomic E-state index is 0.120. The zero-order chi connectivity index (χ0) is 17.4. The molecule has 9 nitrogen and oxygen atoms in total. The van der Waals surface area contributed by atoms with Crippen LogP contribution in [0.2, 0.25) is 0 Å². The molecule has 126 valence electrons. The van der Waals surface area contributed by atoms with Crippen molar-refractivity contribution in [3.8, 4) is 11.5 Å². The van der Waals surface area contributed by atoms with Crippen LogP contribution >= 0.6 is 0 Å². The molecule has 1 fully saturated rings. The first-order valence-corrected chi connectivity index (χ1v) is 7.04. The van der Waals surface area contributed by atoms with E-state index < -0.39 is 29.7 Å². The van der Waals surface area contributed by atoms with Crippen LogP contribution in [0.25, 0.3) is 0 Å². The number of imide groups is 1. The molecule has 0 bridgehead atoms. The average molecular weight is 333 g/mol. The Bertz CT molecular complexity index is 760. The third-order valence-electron chi connectivity index (χ3n) is 3.95. The van der Waals surface area contributed by atoms with Gasteiger partial charge in [0, 0.05) is 6.07 Å². The number of rotatable bonds is 4. The normalized spacial score (nSPS) is 22.0. The van der Waals surface area contributed by atoms with Crippen LogP contribution in [-0.4, -0.2) is 50.9 Å². The van der Waals surface area contributed by atoms with Gasteiger partial charge in [-0.2, -0.15) is 5.10 Å². The highest BCUT2D eigenvalue weighted by molar-refractivity contribution is 6.46. The molecule has 2 amide bonds. The Morgan fingerprint density at radius 2 is 1.92 bits per heavy atom. The van der Waals surface area contributed by atoms with Gasteiger partial charge < -0.3 is 14.2 Å². The van der Waals surface area contributed by atoms with E-state index in [-0.39, 0.29) is 11.4 Å². The van der Waals surface area contributed by atoms with Crippen molar-refractivity contribution in [2.24, 2.45) is 11.0 Å². The molecule has 1 saturated heterocycles. The van der Waals surface area contributed by atoms with E-state index >= 15 is 0 Å². The van der Waals surface area contributed by atoms with Crippen LogP contribution < -0.4 is 19.8 Å². The third kappa shape index (κ3) is 2.16. The van der Waals surface area contributed by atoms with Crippen molar-refractivity contribution in [2.45, 2.75) is 6.04 Å². The van der Waals surface area contributed by atoms with Crippen molar-refractivity contribution < 1.29 is 28.6 Å². The smallest absolute Gasteiger partial charge is 0.355 e. The number of hydrazone groups is 1. The predicted octanol–water partition coefficient (Wildman–Crippen LogP) is -0.306. The number of nitrogens with zero attached hydrogens (tertiary/aromatic N) is 2. The molecule has 2 heterocycles. The van der Waals surface area contributed by atoms with Crippen LogP contribution in [0, 0.1) is 5.92 Å². The van der Waals surface area contributed by atoms with E-state index in [1.54, 1.807) is 12.1 Å². The Morgan fingerprint density at radius 3 is 2.54 bits per heavy atom. The summed E-state index contributed by atoms with van der Waals surface area (Å²) in [6, 6.07) is 3.81. The Hall–Kier alpha value is -3.10. The van der Waals surface area contributed by atoms with E-state index in [4.69, 9.17) is 9.47 Å². The summed E-state index contributed by atoms with van der Waals surface area (Å²) < 4.78 is 15.0. The van der Waals surface area contributed by atoms with Gasteiger partial charge in [0.2, 0.25) is 5.91 Å². The molecule has 0 spiro atoms. The monoisotopic (exact) mass is 333 g/mol. The number of carbonyl (C=O) groups is 3. The molecule has 1 aromatic rings. The van der Waals surface area contributed by atoms with Gasteiger partial charge in [0.05, 0.1) is 27.0 Å². The zero-order valence-electron chi connectivity index (χ0n) is 13.2. The number of hydrogen-bond donors (Lipinski definition) is 1. The maximum atomic E-state index is 12.8. The minimum Gasteiger partial charge on any atom is -0.497 e. The van der Waals surface area contributed by atoms with Gasteiger partial charge in [0.1, 0.15) is 23.5 Å². The maximum absolute atomic E-state index is 12.8. The van der Waals surface area contributed by atoms with E-state index in [1.165, 1.54) is 27.4 Å². The lowest BCUT2D eigenvalue weighted by atomic mass is 9.99. The van der Waals surface area contributed by atoms with Crippen LogP contribution in [0.15, 0.2) is 23.3 Å². The number of anilines is 1. The van der Waals surface area contributed by atoms with Gasteiger partial charge in [0.25, 0.3) is 5.91 Å². The van der Waals surface area contributed by atoms with Crippen LogP contribution in [0.3, 0.4) is 0 Å². The summed E-state index contributed by atoms with van der Waals surface area (Å²) in [5.41, 5.74) is 2.66. The molecule has 1 aromatic carbocycles. The topological polar surface area (TPSA) is 107 Å². The van der Waals surface area contributed by atoms with Gasteiger partial charge >= 0.3 is 5.97 Å². The molecule has 0 saturated carbocycles. The number of carbonyl (C=O) groups excluding carboxylic acids is 3. The number of nitrogens with one attached hydrogen (secondary N) is 1. The molecule has 3 rings (SSSR count). The van der Waals surface area contributed by atoms with Gasteiger partial charge in [0.15, 0.2) is 5.71 Å². The predicted molar refractivity (Wildman–Crippen MR) is 81.9 cm³/mol. The van der Waals surface area contributed by atoms with E-state index in [0.717, 1.165) is 4.90 Å². The maximum Gasteiger partial charge on any atom is 0.355 e. The number of hydrogen-bond acceptors (Lipinski definition) is 8. The van der Waals surface area contributed by atoms with Gasteiger partial charge in [-0.3, -0.25) is 15.0 Å². The Balaban J connectivity index is 2.03. The molecular weight excluding hydrogens is 318 g/mol. The second-order valence-electron chi connectivity index (χ2n) is 5.12. The Labute approximate surface area is 137 Å². The van der Waals surface area contributed by atoms with Crippen molar-refractivity contribution in [1.29, 1.82) is 0 Å². The highest BCUT2D eigenvalue weighted by Gasteiger charge is 2.56. The minimum atomic E-state index is -1.03. The van der Waals surface area contributed by atoms with Gasteiger partial charge in [-0.05, 0) is 12.1 Å². The first-order chi connectivity index (χ1) is 11.5. The molecular formula is C15H15N3O6. The van der Waals surface area contributed by atoms with Gasteiger partial charge in [-0.15, -0.1) is 0 Å². The number of amides is 2. The molecule has 0 radical (unpaired) electrons. The van der Waals surface area contributed by atoms with Crippen molar-refractivity contribution in [3.63, 3.8) is 0 Å². The molecule has 0 aliphatic carbocycles. The highest BCUT2D eigenvalue weighted by Crippen LogP contribution is 2.38. The molecule has 2 atom stereocenters. The summed E-state index contributed by atoms with van der Waals surface area (Å²) in [6.07, 6.45) is 0. The fourth-order valence-corrected chi connectivity index (χ4v) is 2.77. The summed E-state index contributed by atoms with van der Waals surface area (Å²) in [6.45, 7) is 0. The second-order valence-corrected chi connectivity index (χ2v) is 5.12. The van der Waals surface area contributed by atoms with E-state index in [0.29, 0.717) is 11.5 Å². The number of fused-ring (bicyclic) bond motifs is 1. The largest absolute Gasteiger partial charge is 0.497 e. The van der Waals surface area contributed by atoms with E-state index in [1.807, 2.05) is 0 Å². The van der Waals surface area contributed by atoms with Gasteiger partial charge in [-0.25, -0.2) is 9.69 Å². The molecule has 0 aromatic heterocycles. The zero-order valence-corrected chi connectivity index (χ0v) is 13.2. The summed E-state index contributed by atoms with van der Waals surface area (Å²) in [5, 5.41) is 3.76. The molecule has 24 heavy (non-hydrogen) atoms.